The molecule has 0 heterocycles. The predicted octanol–water partition coefficient (Wildman–Crippen LogP) is 2.59. The average Bonchev–Trinajstić information content (AvgIpc) is 2.44. The summed E-state index contributed by atoms with van der Waals surface area (Å²) in [6.45, 7) is 3.44. The lowest BCUT2D eigenvalue weighted by atomic mass is 10.1. The molecule has 1 atom stereocenters. The molecule has 1 aromatic carbocycles. The second-order valence-electron chi connectivity index (χ2n) is 4.24. The van der Waals surface area contributed by atoms with Crippen LogP contribution in [0.15, 0.2) is 18.2 Å². The zero-order chi connectivity index (χ0) is 15.0. The first-order valence-electron chi connectivity index (χ1n) is 6.34. The largest absolute Gasteiger partial charge is 0.469 e. The van der Waals surface area contributed by atoms with Crippen molar-refractivity contribution in [1.29, 1.82) is 5.26 Å². The van der Waals surface area contributed by atoms with Gasteiger partial charge >= 0.3 is 5.97 Å². The van der Waals surface area contributed by atoms with Gasteiger partial charge in [0.05, 0.1) is 24.1 Å². The Labute approximate surface area is 136 Å². The van der Waals surface area contributed by atoms with E-state index in [-0.39, 0.29) is 30.8 Å². The van der Waals surface area contributed by atoms with Crippen molar-refractivity contribution in [3.63, 3.8) is 0 Å². The van der Waals surface area contributed by atoms with E-state index in [1.807, 2.05) is 13.0 Å². The van der Waals surface area contributed by atoms with Gasteiger partial charge in [-0.3, -0.25) is 4.79 Å². The number of nitriles is 1. The van der Waals surface area contributed by atoms with Crippen LogP contribution in [0.3, 0.4) is 0 Å². The molecule has 5 nitrogen and oxygen atoms in total. The number of ether oxygens (including phenoxy) is 1. The molecule has 0 radical (unpaired) electrons. The molecule has 0 aliphatic rings. The van der Waals surface area contributed by atoms with Crippen LogP contribution in [0.5, 0.6) is 0 Å². The highest BCUT2D eigenvalue weighted by Gasteiger charge is 2.14. The molecule has 0 amide bonds. The molecular weight excluding hydrogens is 313 g/mol. The van der Waals surface area contributed by atoms with Crippen LogP contribution in [0.4, 0.5) is 5.69 Å². The zero-order valence-electron chi connectivity index (χ0n) is 12.0. The highest BCUT2D eigenvalue weighted by molar-refractivity contribution is 6.32. The zero-order valence-corrected chi connectivity index (χ0v) is 13.6. The van der Waals surface area contributed by atoms with Crippen LogP contribution in [0.25, 0.3) is 0 Å². The summed E-state index contributed by atoms with van der Waals surface area (Å²) in [5, 5.41) is 15.6. The standard InChI is InChI=1S/C14H18ClN3O2.ClH/c1-3-17-9-12(7-14(19)20-2)18-11-5-4-10(8-16)13(15)6-11;/h4-6,12,17-18H,3,7,9H2,1-2H3;1H/t12-;/m0./s1. The topological polar surface area (TPSA) is 74.2 Å². The maximum atomic E-state index is 11.4. The summed E-state index contributed by atoms with van der Waals surface area (Å²) in [6, 6.07) is 6.99. The Morgan fingerprint density at radius 1 is 1.52 bits per heavy atom. The lowest BCUT2D eigenvalue weighted by Gasteiger charge is -2.19. The Morgan fingerprint density at radius 2 is 2.24 bits per heavy atom. The summed E-state index contributed by atoms with van der Waals surface area (Å²) in [5.41, 5.74) is 1.19. The first-order valence-corrected chi connectivity index (χ1v) is 6.72. The van der Waals surface area contributed by atoms with Crippen molar-refractivity contribution >= 4 is 35.7 Å². The van der Waals surface area contributed by atoms with Gasteiger partial charge in [-0.2, -0.15) is 5.26 Å². The van der Waals surface area contributed by atoms with Gasteiger partial charge in [-0.25, -0.2) is 0 Å². The van der Waals surface area contributed by atoms with Crippen LogP contribution in [0, 0.1) is 11.3 Å². The predicted molar refractivity (Wildman–Crippen MR) is 86.0 cm³/mol. The van der Waals surface area contributed by atoms with E-state index in [0.717, 1.165) is 12.2 Å². The highest BCUT2D eigenvalue weighted by Crippen LogP contribution is 2.21. The summed E-state index contributed by atoms with van der Waals surface area (Å²) in [4.78, 5) is 11.4. The molecule has 21 heavy (non-hydrogen) atoms. The Morgan fingerprint density at radius 3 is 2.76 bits per heavy atom. The van der Waals surface area contributed by atoms with Crippen molar-refractivity contribution in [2.45, 2.75) is 19.4 Å². The lowest BCUT2D eigenvalue weighted by Crippen LogP contribution is -2.35. The SMILES string of the molecule is CCNC[C@H](CC(=O)OC)Nc1ccc(C#N)c(Cl)c1.Cl. The summed E-state index contributed by atoms with van der Waals surface area (Å²) in [5.74, 6) is -0.278. The molecule has 1 rings (SSSR count). The van der Waals surface area contributed by atoms with E-state index in [0.29, 0.717) is 17.1 Å². The molecule has 0 bridgehead atoms. The van der Waals surface area contributed by atoms with E-state index in [9.17, 15) is 4.79 Å². The molecule has 0 fully saturated rings. The molecule has 2 N–H and O–H groups in total. The monoisotopic (exact) mass is 331 g/mol. The number of halogens is 2. The first kappa shape index (κ1) is 19.5. The van der Waals surface area contributed by atoms with Gasteiger partial charge < -0.3 is 15.4 Å². The number of hydrogen-bond donors (Lipinski definition) is 2. The molecule has 0 aliphatic heterocycles. The van der Waals surface area contributed by atoms with Crippen molar-refractivity contribution in [2.24, 2.45) is 0 Å². The Kier molecular flexibility index (Phi) is 9.55. The number of benzene rings is 1. The maximum absolute atomic E-state index is 11.4. The minimum Gasteiger partial charge on any atom is -0.469 e. The van der Waals surface area contributed by atoms with E-state index in [1.165, 1.54) is 7.11 Å². The van der Waals surface area contributed by atoms with Gasteiger partial charge in [0, 0.05) is 18.3 Å². The number of likely N-dealkylation sites (N-methyl/N-ethyl adjacent to an activating group) is 1. The Balaban J connectivity index is 0.00000400. The molecule has 1 aromatic rings. The fraction of sp³-hybridized carbons (Fsp3) is 0.429. The molecule has 0 aliphatic carbocycles. The molecule has 0 saturated heterocycles. The lowest BCUT2D eigenvalue weighted by molar-refractivity contribution is -0.140. The third-order valence-corrected chi connectivity index (χ3v) is 3.05. The smallest absolute Gasteiger partial charge is 0.307 e. The summed E-state index contributed by atoms with van der Waals surface area (Å²) in [6.07, 6.45) is 0.251. The van der Waals surface area contributed by atoms with Crippen molar-refractivity contribution in [3.8, 4) is 6.07 Å². The molecule has 0 aromatic heterocycles. The second kappa shape index (κ2) is 10.3. The molecule has 7 heteroatoms. The van der Waals surface area contributed by atoms with E-state index in [4.69, 9.17) is 16.9 Å². The van der Waals surface area contributed by atoms with Crippen molar-refractivity contribution < 1.29 is 9.53 Å². The minimum atomic E-state index is -0.278. The van der Waals surface area contributed by atoms with Crippen LogP contribution in [-0.2, 0) is 9.53 Å². The van der Waals surface area contributed by atoms with Gasteiger partial charge in [-0.1, -0.05) is 18.5 Å². The third kappa shape index (κ3) is 6.67. The van der Waals surface area contributed by atoms with Crippen molar-refractivity contribution in [2.75, 3.05) is 25.5 Å². The number of esters is 1. The average molecular weight is 332 g/mol. The number of nitrogens with one attached hydrogen (secondary N) is 2. The molecule has 116 valence electrons. The number of methoxy groups -OCH3 is 1. The second-order valence-corrected chi connectivity index (χ2v) is 4.64. The summed E-state index contributed by atoms with van der Waals surface area (Å²) >= 11 is 5.98. The summed E-state index contributed by atoms with van der Waals surface area (Å²) < 4.78 is 4.68. The van der Waals surface area contributed by atoms with Crippen LogP contribution in [0.2, 0.25) is 5.02 Å². The van der Waals surface area contributed by atoms with Crippen LogP contribution in [-0.4, -0.2) is 32.2 Å². The van der Waals surface area contributed by atoms with Crippen molar-refractivity contribution in [3.05, 3.63) is 28.8 Å². The Bertz CT molecular complexity index is 503. The minimum absolute atomic E-state index is 0. The Hall–Kier alpha value is -1.48. The number of hydrogen-bond acceptors (Lipinski definition) is 5. The fourth-order valence-electron chi connectivity index (χ4n) is 1.71. The normalized spacial score (nSPS) is 11.0. The van der Waals surface area contributed by atoms with E-state index < -0.39 is 0 Å². The molecule has 0 saturated carbocycles. The maximum Gasteiger partial charge on any atom is 0.307 e. The number of rotatable bonds is 7. The van der Waals surface area contributed by atoms with Gasteiger partial charge in [0.25, 0.3) is 0 Å². The van der Waals surface area contributed by atoms with E-state index in [2.05, 4.69) is 15.4 Å². The van der Waals surface area contributed by atoms with Gasteiger partial charge in [0.1, 0.15) is 6.07 Å². The van der Waals surface area contributed by atoms with Crippen molar-refractivity contribution in [1.82, 2.24) is 5.32 Å². The quantitative estimate of drug-likeness (QED) is 0.751. The first-order chi connectivity index (χ1) is 9.60. The molecule has 0 unspecified atom stereocenters. The van der Waals surface area contributed by atoms with Crippen LogP contribution >= 0.6 is 24.0 Å². The van der Waals surface area contributed by atoms with Gasteiger partial charge in [-0.05, 0) is 24.7 Å². The molecular formula is C14H19Cl2N3O2. The number of anilines is 1. The van der Waals surface area contributed by atoms with Gasteiger partial charge in [0.15, 0.2) is 0 Å². The number of nitrogens with zero attached hydrogens (tertiary/aromatic N) is 1. The number of carbonyl (C=O) groups is 1. The van der Waals surface area contributed by atoms with Gasteiger partial charge in [0.2, 0.25) is 0 Å². The van der Waals surface area contributed by atoms with Crippen LogP contribution in [0.1, 0.15) is 18.9 Å². The number of carbonyl (C=O) groups excluding carboxylic acids is 1. The van der Waals surface area contributed by atoms with E-state index >= 15 is 0 Å². The van der Waals surface area contributed by atoms with Gasteiger partial charge in [-0.15, -0.1) is 12.4 Å². The third-order valence-electron chi connectivity index (χ3n) is 2.74. The van der Waals surface area contributed by atoms with E-state index in [1.54, 1.807) is 18.2 Å². The van der Waals surface area contributed by atoms with Crippen LogP contribution < -0.4 is 10.6 Å². The fourth-order valence-corrected chi connectivity index (χ4v) is 1.93. The molecule has 0 spiro atoms. The summed E-state index contributed by atoms with van der Waals surface area (Å²) in [7, 11) is 1.37. The highest BCUT2D eigenvalue weighted by atomic mass is 35.5.